The van der Waals surface area contributed by atoms with Gasteiger partial charge in [0.15, 0.2) is 0 Å². The second-order valence-corrected chi connectivity index (χ2v) is 4.60. The van der Waals surface area contributed by atoms with Crippen LogP contribution in [-0.4, -0.2) is 11.1 Å². The molecule has 0 aromatic rings. The first-order valence-corrected chi connectivity index (χ1v) is 4.84. The van der Waals surface area contributed by atoms with Gasteiger partial charge in [-0.1, -0.05) is 13.8 Å². The highest BCUT2D eigenvalue weighted by molar-refractivity contribution is 5.71. The number of hydrogen-bond donors (Lipinski definition) is 1. The van der Waals surface area contributed by atoms with Crippen LogP contribution in [0.3, 0.4) is 0 Å². The van der Waals surface area contributed by atoms with Gasteiger partial charge in [0.25, 0.3) is 0 Å². The summed E-state index contributed by atoms with van der Waals surface area (Å²) in [5, 5.41) is 8.99. The normalized spacial score (nSPS) is 51.3. The lowest BCUT2D eigenvalue weighted by Crippen LogP contribution is -2.30. The summed E-state index contributed by atoms with van der Waals surface area (Å²) in [6.07, 6.45) is 2.31. The molecule has 0 aliphatic heterocycles. The zero-order chi connectivity index (χ0) is 8.88. The summed E-state index contributed by atoms with van der Waals surface area (Å²) in [6.45, 7) is 4.37. The fourth-order valence-electron chi connectivity index (χ4n) is 3.48. The first kappa shape index (κ1) is 8.09. The van der Waals surface area contributed by atoms with Crippen LogP contribution in [0.2, 0.25) is 0 Å². The van der Waals surface area contributed by atoms with E-state index in [0.29, 0.717) is 17.8 Å². The predicted molar refractivity (Wildman–Crippen MR) is 45.7 cm³/mol. The summed E-state index contributed by atoms with van der Waals surface area (Å²) in [6, 6.07) is 0. The Morgan fingerprint density at radius 1 is 1.33 bits per heavy atom. The number of hydrogen-bond acceptors (Lipinski definition) is 1. The van der Waals surface area contributed by atoms with E-state index in [1.54, 1.807) is 0 Å². The van der Waals surface area contributed by atoms with Crippen molar-refractivity contribution in [3.8, 4) is 0 Å². The first-order valence-electron chi connectivity index (χ1n) is 4.84. The maximum absolute atomic E-state index is 10.9. The third kappa shape index (κ3) is 0.900. The Kier molecular flexibility index (Phi) is 1.67. The number of carbonyl (C=O) groups is 1. The lowest BCUT2D eigenvalue weighted by Gasteiger charge is -2.29. The second-order valence-electron chi connectivity index (χ2n) is 4.60. The average molecular weight is 168 g/mol. The van der Waals surface area contributed by atoms with Gasteiger partial charge in [0.2, 0.25) is 0 Å². The van der Waals surface area contributed by atoms with Crippen LogP contribution < -0.4 is 0 Å². The molecule has 2 bridgehead atoms. The van der Waals surface area contributed by atoms with Crippen LogP contribution in [0.5, 0.6) is 0 Å². The fraction of sp³-hybridized carbons (Fsp3) is 0.900. The van der Waals surface area contributed by atoms with Gasteiger partial charge in [0, 0.05) is 0 Å². The third-order valence-corrected chi connectivity index (χ3v) is 4.02. The van der Waals surface area contributed by atoms with Gasteiger partial charge in [-0.15, -0.1) is 0 Å². The van der Waals surface area contributed by atoms with E-state index in [0.717, 1.165) is 12.3 Å². The Hall–Kier alpha value is -0.530. The van der Waals surface area contributed by atoms with E-state index in [1.165, 1.54) is 6.42 Å². The largest absolute Gasteiger partial charge is 0.481 e. The molecule has 2 unspecified atom stereocenters. The van der Waals surface area contributed by atoms with Crippen molar-refractivity contribution in [1.82, 2.24) is 0 Å². The van der Waals surface area contributed by atoms with E-state index >= 15 is 0 Å². The highest BCUT2D eigenvalue weighted by Gasteiger charge is 2.51. The van der Waals surface area contributed by atoms with Gasteiger partial charge in [0.05, 0.1) is 5.92 Å². The zero-order valence-corrected chi connectivity index (χ0v) is 7.66. The zero-order valence-electron chi connectivity index (χ0n) is 7.66. The van der Waals surface area contributed by atoms with Crippen LogP contribution in [0.25, 0.3) is 0 Å². The van der Waals surface area contributed by atoms with E-state index < -0.39 is 5.97 Å². The lowest BCUT2D eigenvalue weighted by atomic mass is 9.76. The number of carboxylic acids is 1. The van der Waals surface area contributed by atoms with Crippen LogP contribution in [-0.2, 0) is 4.79 Å². The molecule has 0 heterocycles. The third-order valence-electron chi connectivity index (χ3n) is 4.02. The van der Waals surface area contributed by atoms with Gasteiger partial charge in [-0.05, 0) is 36.5 Å². The summed E-state index contributed by atoms with van der Waals surface area (Å²) in [7, 11) is 0. The molecule has 2 heteroatoms. The molecule has 2 aliphatic rings. The maximum Gasteiger partial charge on any atom is 0.307 e. The van der Waals surface area contributed by atoms with Gasteiger partial charge >= 0.3 is 5.97 Å². The second kappa shape index (κ2) is 2.48. The SMILES string of the molecule is C[C@@H]1CC2CC1[C@H](C)[C@@H]2C(=O)O. The molecule has 0 amide bonds. The molecule has 2 rings (SSSR count). The predicted octanol–water partition coefficient (Wildman–Crippen LogP) is 2.00. The molecule has 0 spiro atoms. The van der Waals surface area contributed by atoms with E-state index in [9.17, 15) is 4.79 Å². The molecule has 1 N–H and O–H groups in total. The van der Waals surface area contributed by atoms with E-state index in [4.69, 9.17) is 5.11 Å². The molecule has 2 nitrogen and oxygen atoms in total. The summed E-state index contributed by atoms with van der Waals surface area (Å²) in [5.41, 5.74) is 0. The van der Waals surface area contributed by atoms with E-state index in [1.807, 2.05) is 0 Å². The highest BCUT2D eigenvalue weighted by Crippen LogP contribution is 2.54. The van der Waals surface area contributed by atoms with Crippen molar-refractivity contribution >= 4 is 5.97 Å². The summed E-state index contributed by atoms with van der Waals surface area (Å²) in [5.74, 6) is 1.75. The van der Waals surface area contributed by atoms with Gasteiger partial charge in [-0.25, -0.2) is 0 Å². The van der Waals surface area contributed by atoms with Crippen molar-refractivity contribution in [3.05, 3.63) is 0 Å². The van der Waals surface area contributed by atoms with Crippen LogP contribution >= 0.6 is 0 Å². The van der Waals surface area contributed by atoms with Crippen LogP contribution in [0.4, 0.5) is 0 Å². The number of carboxylic acid groups (broad SMARTS) is 1. The van der Waals surface area contributed by atoms with Crippen LogP contribution in [0.15, 0.2) is 0 Å². The van der Waals surface area contributed by atoms with Crippen molar-refractivity contribution in [2.75, 3.05) is 0 Å². The lowest BCUT2D eigenvalue weighted by molar-refractivity contribution is -0.145. The summed E-state index contributed by atoms with van der Waals surface area (Å²) >= 11 is 0. The number of rotatable bonds is 1. The minimum Gasteiger partial charge on any atom is -0.481 e. The Bertz CT molecular complexity index is 210. The maximum atomic E-state index is 10.9. The fourth-order valence-corrected chi connectivity index (χ4v) is 3.48. The number of fused-ring (bicyclic) bond motifs is 2. The van der Waals surface area contributed by atoms with Crippen molar-refractivity contribution in [1.29, 1.82) is 0 Å². The Labute approximate surface area is 73.0 Å². The Morgan fingerprint density at radius 2 is 2.00 bits per heavy atom. The Balaban J connectivity index is 2.18. The molecule has 0 saturated heterocycles. The average Bonchev–Trinajstić information content (AvgIpc) is 2.42. The Morgan fingerprint density at radius 3 is 2.42 bits per heavy atom. The smallest absolute Gasteiger partial charge is 0.307 e. The minimum atomic E-state index is -0.568. The molecular formula is C10H16O2. The highest BCUT2D eigenvalue weighted by atomic mass is 16.4. The number of aliphatic carboxylic acids is 1. The van der Waals surface area contributed by atoms with Gasteiger partial charge in [-0.2, -0.15) is 0 Å². The topological polar surface area (TPSA) is 37.3 Å². The van der Waals surface area contributed by atoms with Gasteiger partial charge < -0.3 is 5.11 Å². The molecular weight excluding hydrogens is 152 g/mol. The van der Waals surface area contributed by atoms with Crippen molar-refractivity contribution in [2.24, 2.45) is 29.6 Å². The van der Waals surface area contributed by atoms with Crippen LogP contribution in [0.1, 0.15) is 26.7 Å². The van der Waals surface area contributed by atoms with Crippen LogP contribution in [0, 0.1) is 29.6 Å². The standard InChI is InChI=1S/C10H16O2/c1-5-3-7-4-8(5)6(2)9(7)10(11)12/h5-9H,3-4H2,1-2H3,(H,11,12)/t5-,6+,7?,8?,9+/m1/s1. The van der Waals surface area contributed by atoms with Crippen molar-refractivity contribution < 1.29 is 9.90 Å². The monoisotopic (exact) mass is 168 g/mol. The summed E-state index contributed by atoms with van der Waals surface area (Å²) < 4.78 is 0. The molecule has 0 aromatic heterocycles. The molecule has 2 aliphatic carbocycles. The minimum absolute atomic E-state index is 0.0359. The molecule has 0 radical (unpaired) electrons. The molecule has 0 aromatic carbocycles. The van der Waals surface area contributed by atoms with Crippen molar-refractivity contribution in [2.45, 2.75) is 26.7 Å². The molecule has 68 valence electrons. The molecule has 2 fully saturated rings. The molecule has 2 saturated carbocycles. The van der Waals surface area contributed by atoms with Gasteiger partial charge in [0.1, 0.15) is 0 Å². The van der Waals surface area contributed by atoms with E-state index in [-0.39, 0.29) is 5.92 Å². The quantitative estimate of drug-likeness (QED) is 0.650. The van der Waals surface area contributed by atoms with E-state index in [2.05, 4.69) is 13.8 Å². The molecule has 5 atom stereocenters. The summed E-state index contributed by atoms with van der Waals surface area (Å²) in [4.78, 5) is 10.9. The molecule has 12 heavy (non-hydrogen) atoms. The van der Waals surface area contributed by atoms with Gasteiger partial charge in [-0.3, -0.25) is 4.79 Å². The first-order chi connectivity index (χ1) is 5.61. The van der Waals surface area contributed by atoms with Crippen molar-refractivity contribution in [3.63, 3.8) is 0 Å².